The van der Waals surface area contributed by atoms with Crippen molar-refractivity contribution in [2.75, 3.05) is 20.6 Å². The molecule has 2 heteroatoms. The van der Waals surface area contributed by atoms with E-state index in [-0.39, 0.29) is 6.10 Å². The van der Waals surface area contributed by atoms with Gasteiger partial charge in [-0.15, -0.1) is 0 Å². The van der Waals surface area contributed by atoms with Crippen LogP contribution in [0.25, 0.3) is 0 Å². The lowest BCUT2D eigenvalue weighted by Gasteiger charge is -2.30. The molecule has 1 N–H and O–H groups in total. The smallest absolute Gasteiger partial charge is 0.104 e. The van der Waals surface area contributed by atoms with E-state index in [9.17, 15) is 5.11 Å². The lowest BCUT2D eigenvalue weighted by Crippen LogP contribution is -2.39. The Kier molecular flexibility index (Phi) is 10.2. The summed E-state index contributed by atoms with van der Waals surface area (Å²) in [5, 5.41) is 9.21. The number of unbranched alkanes of at least 4 members (excludes halogenated alkanes) is 7. The number of benzene rings is 1. The molecule has 0 aromatic heterocycles. The fraction of sp³-hybridized carbons (Fsp3) is 0.714. The van der Waals surface area contributed by atoms with Gasteiger partial charge in [0.1, 0.15) is 6.54 Å². The predicted molar refractivity (Wildman–Crippen MR) is 100 cm³/mol. The minimum atomic E-state index is -0.118. The zero-order chi connectivity index (χ0) is 17.0. The zero-order valence-corrected chi connectivity index (χ0v) is 15.6. The van der Waals surface area contributed by atoms with Gasteiger partial charge in [0.25, 0.3) is 0 Å². The fourth-order valence-electron chi connectivity index (χ4n) is 3.20. The third-order valence-electron chi connectivity index (χ3n) is 4.59. The Morgan fingerprint density at radius 3 is 1.91 bits per heavy atom. The van der Waals surface area contributed by atoms with Crippen LogP contribution in [0.5, 0.6) is 0 Å². The van der Waals surface area contributed by atoms with E-state index in [1.54, 1.807) is 0 Å². The van der Waals surface area contributed by atoms with Gasteiger partial charge in [-0.3, -0.25) is 0 Å². The Hall–Kier alpha value is -0.860. The minimum absolute atomic E-state index is 0.118. The van der Waals surface area contributed by atoms with Crippen LogP contribution in [0.4, 0.5) is 0 Å². The van der Waals surface area contributed by atoms with Crippen molar-refractivity contribution in [3.8, 4) is 0 Å². The van der Waals surface area contributed by atoms with Crippen LogP contribution in [0.1, 0.15) is 70.3 Å². The highest BCUT2D eigenvalue weighted by Gasteiger charge is 2.14. The van der Waals surface area contributed by atoms with Crippen LogP contribution < -0.4 is 0 Å². The van der Waals surface area contributed by atoms with E-state index in [4.69, 9.17) is 0 Å². The molecule has 0 aliphatic carbocycles. The predicted octanol–water partition coefficient (Wildman–Crippen LogP) is 5.15. The molecule has 0 saturated carbocycles. The van der Waals surface area contributed by atoms with Gasteiger partial charge in [-0.25, -0.2) is 0 Å². The van der Waals surface area contributed by atoms with E-state index in [1.807, 2.05) is 6.92 Å². The highest BCUT2D eigenvalue weighted by molar-refractivity contribution is 5.13. The molecular weight excluding hydrogens is 282 g/mol. The van der Waals surface area contributed by atoms with Crippen LogP contribution in [0, 0.1) is 0 Å². The Morgan fingerprint density at radius 1 is 0.826 bits per heavy atom. The number of quaternary nitrogens is 1. The molecule has 0 amide bonds. The summed E-state index contributed by atoms with van der Waals surface area (Å²) in [7, 11) is 4.68. The Balaban J connectivity index is 1.97. The number of hydrogen-bond donors (Lipinski definition) is 1. The second-order valence-electron chi connectivity index (χ2n) is 7.77. The first-order chi connectivity index (χ1) is 11.0. The van der Waals surface area contributed by atoms with E-state index < -0.39 is 0 Å². The average molecular weight is 321 g/mol. The molecule has 1 unspecified atom stereocenters. The highest BCUT2D eigenvalue weighted by atomic mass is 16.3. The van der Waals surface area contributed by atoms with Gasteiger partial charge in [-0.2, -0.15) is 0 Å². The van der Waals surface area contributed by atoms with Crippen molar-refractivity contribution in [3.63, 3.8) is 0 Å². The average Bonchev–Trinajstić information content (AvgIpc) is 2.49. The van der Waals surface area contributed by atoms with E-state index in [0.29, 0.717) is 0 Å². The molecular formula is C21H38NO+. The van der Waals surface area contributed by atoms with Crippen LogP contribution in [0.2, 0.25) is 0 Å². The number of hydrogen-bond acceptors (Lipinski definition) is 1. The van der Waals surface area contributed by atoms with Crippen molar-refractivity contribution in [1.29, 1.82) is 0 Å². The van der Waals surface area contributed by atoms with Gasteiger partial charge in [-0.1, -0.05) is 68.9 Å². The normalized spacial score (nSPS) is 13.2. The van der Waals surface area contributed by atoms with Gasteiger partial charge in [-0.05, 0) is 26.2 Å². The van der Waals surface area contributed by atoms with Gasteiger partial charge in [0.15, 0.2) is 0 Å². The van der Waals surface area contributed by atoms with E-state index in [0.717, 1.165) is 17.4 Å². The second kappa shape index (κ2) is 11.6. The van der Waals surface area contributed by atoms with Gasteiger partial charge in [0.2, 0.25) is 0 Å². The molecule has 1 aromatic carbocycles. The number of nitrogens with zero attached hydrogens (tertiary/aromatic N) is 1. The van der Waals surface area contributed by atoms with Gasteiger partial charge in [0.05, 0.1) is 26.7 Å². The first-order valence-corrected chi connectivity index (χ1v) is 9.53. The zero-order valence-electron chi connectivity index (χ0n) is 15.6. The molecule has 0 heterocycles. The summed E-state index contributed by atoms with van der Waals surface area (Å²) in [5.74, 6) is 0. The maximum absolute atomic E-state index is 9.21. The first kappa shape index (κ1) is 20.2. The topological polar surface area (TPSA) is 20.2 Å². The summed E-state index contributed by atoms with van der Waals surface area (Å²) in [4.78, 5) is 0. The molecule has 1 atom stereocenters. The minimum Gasteiger partial charge on any atom is -0.393 e. The van der Waals surface area contributed by atoms with Crippen molar-refractivity contribution in [1.82, 2.24) is 0 Å². The Bertz CT molecular complexity index is 386. The van der Waals surface area contributed by atoms with Crippen molar-refractivity contribution in [2.24, 2.45) is 0 Å². The molecule has 1 aromatic rings. The molecule has 0 saturated heterocycles. The molecule has 0 spiro atoms. The van der Waals surface area contributed by atoms with Crippen molar-refractivity contribution in [2.45, 2.75) is 77.4 Å². The van der Waals surface area contributed by atoms with E-state index >= 15 is 0 Å². The molecule has 0 bridgehead atoms. The molecule has 2 nitrogen and oxygen atoms in total. The molecule has 0 aliphatic heterocycles. The summed E-state index contributed by atoms with van der Waals surface area (Å²) in [6, 6.07) is 10.8. The van der Waals surface area contributed by atoms with Crippen LogP contribution in [-0.2, 0) is 6.54 Å². The monoisotopic (exact) mass is 320 g/mol. The van der Waals surface area contributed by atoms with E-state index in [1.165, 1.54) is 63.5 Å². The molecule has 0 aliphatic rings. The number of aliphatic hydroxyl groups excluding tert-OH is 1. The third-order valence-corrected chi connectivity index (χ3v) is 4.59. The van der Waals surface area contributed by atoms with Crippen LogP contribution in [-0.4, -0.2) is 36.3 Å². The molecule has 0 fully saturated rings. The highest BCUT2D eigenvalue weighted by Crippen LogP contribution is 2.14. The van der Waals surface area contributed by atoms with Crippen molar-refractivity contribution >= 4 is 0 Å². The molecule has 0 radical (unpaired) electrons. The second-order valence-corrected chi connectivity index (χ2v) is 7.77. The quantitative estimate of drug-likeness (QED) is 0.393. The van der Waals surface area contributed by atoms with Gasteiger partial charge >= 0.3 is 0 Å². The maximum atomic E-state index is 9.21. The van der Waals surface area contributed by atoms with Crippen molar-refractivity contribution in [3.05, 3.63) is 35.9 Å². The summed E-state index contributed by atoms with van der Waals surface area (Å²) in [6.07, 6.45) is 11.5. The Morgan fingerprint density at radius 2 is 1.35 bits per heavy atom. The van der Waals surface area contributed by atoms with Crippen LogP contribution in [0.15, 0.2) is 30.3 Å². The molecule has 132 valence electrons. The van der Waals surface area contributed by atoms with Crippen LogP contribution in [0.3, 0.4) is 0 Å². The van der Waals surface area contributed by atoms with Crippen LogP contribution >= 0.6 is 0 Å². The summed E-state index contributed by atoms with van der Waals surface area (Å²) < 4.78 is 1.09. The first-order valence-electron chi connectivity index (χ1n) is 9.53. The summed E-state index contributed by atoms with van der Waals surface area (Å²) in [5.41, 5.74) is 1.44. The van der Waals surface area contributed by atoms with Gasteiger partial charge in [0, 0.05) is 5.56 Å². The van der Waals surface area contributed by atoms with Gasteiger partial charge < -0.3 is 9.59 Å². The Labute approximate surface area is 144 Å². The number of aliphatic hydroxyl groups is 1. The maximum Gasteiger partial charge on any atom is 0.104 e. The molecule has 23 heavy (non-hydrogen) atoms. The summed E-state index contributed by atoms with van der Waals surface area (Å²) >= 11 is 0. The lowest BCUT2D eigenvalue weighted by molar-refractivity contribution is -0.903. The largest absolute Gasteiger partial charge is 0.393 e. The standard InChI is InChI=1S/C21H38NO/c1-20(23)15-11-8-6-4-5-7-9-14-18-22(2,3)19-21-16-12-10-13-17-21/h10,12-13,16-17,20,23H,4-9,11,14-15,18-19H2,1-3H3/q+1. The summed E-state index contributed by atoms with van der Waals surface area (Å²) in [6.45, 7) is 4.28. The molecule has 1 rings (SSSR count). The fourth-order valence-corrected chi connectivity index (χ4v) is 3.20. The number of rotatable bonds is 13. The third kappa shape index (κ3) is 11.3. The SMILES string of the molecule is CC(O)CCCCCCCCCC[N+](C)(C)Cc1ccccc1. The van der Waals surface area contributed by atoms with E-state index in [2.05, 4.69) is 44.4 Å². The van der Waals surface area contributed by atoms with Crippen molar-refractivity contribution < 1.29 is 9.59 Å². The lowest BCUT2D eigenvalue weighted by atomic mass is 10.1.